The molecule has 1 amide bonds. The summed E-state index contributed by atoms with van der Waals surface area (Å²) in [5.74, 6) is -0.123. The highest BCUT2D eigenvalue weighted by Crippen LogP contribution is 2.24. The van der Waals surface area contributed by atoms with E-state index in [0.717, 1.165) is 12.1 Å². The molecule has 24 heavy (non-hydrogen) atoms. The summed E-state index contributed by atoms with van der Waals surface area (Å²) >= 11 is 6.08. The molecule has 1 fully saturated rings. The molecular weight excluding hydrogens is 328 g/mol. The predicted molar refractivity (Wildman–Crippen MR) is 92.0 cm³/mol. The van der Waals surface area contributed by atoms with Crippen molar-refractivity contribution in [2.45, 2.75) is 19.5 Å². The lowest BCUT2D eigenvalue weighted by molar-refractivity contribution is -0.135. The monoisotopic (exact) mass is 346 g/mol. The summed E-state index contributed by atoms with van der Waals surface area (Å²) in [7, 11) is 0. The number of benzene rings is 1. The van der Waals surface area contributed by atoms with Gasteiger partial charge in [-0.2, -0.15) is 5.10 Å². The lowest BCUT2D eigenvalue weighted by Gasteiger charge is -2.36. The molecule has 1 atom stereocenters. The van der Waals surface area contributed by atoms with Crippen molar-refractivity contribution >= 4 is 17.5 Å². The molecule has 3 rings (SSSR count). The van der Waals surface area contributed by atoms with Gasteiger partial charge in [-0.25, -0.2) is 4.68 Å². The van der Waals surface area contributed by atoms with Crippen LogP contribution in [0.15, 0.2) is 41.2 Å². The predicted octanol–water partition coefficient (Wildman–Crippen LogP) is 1.38. The van der Waals surface area contributed by atoms with Crippen LogP contribution >= 0.6 is 11.6 Å². The molecule has 1 N–H and O–H groups in total. The van der Waals surface area contributed by atoms with E-state index in [0.29, 0.717) is 23.8 Å². The Balaban J connectivity index is 1.83. The molecule has 1 unspecified atom stereocenters. The van der Waals surface area contributed by atoms with E-state index in [2.05, 4.69) is 10.4 Å². The maximum Gasteiger partial charge on any atom is 0.267 e. The second kappa shape index (κ2) is 7.15. The number of hydrogen-bond acceptors (Lipinski definition) is 4. The number of rotatable bonds is 3. The Kier molecular flexibility index (Phi) is 4.97. The number of amides is 1. The van der Waals surface area contributed by atoms with Crippen LogP contribution in [-0.2, 0) is 11.3 Å². The molecule has 1 saturated heterocycles. The molecule has 2 aromatic rings. The van der Waals surface area contributed by atoms with E-state index in [1.54, 1.807) is 17.9 Å². The SMILES string of the molecule is Cc1ccc(=O)n(CC(=O)N2CCNCC2c2cccc(Cl)c2)n1. The summed E-state index contributed by atoms with van der Waals surface area (Å²) in [6, 6.07) is 10.5. The zero-order valence-corrected chi connectivity index (χ0v) is 14.2. The maximum atomic E-state index is 12.8. The first kappa shape index (κ1) is 16.7. The van der Waals surface area contributed by atoms with E-state index in [4.69, 9.17) is 11.6 Å². The van der Waals surface area contributed by atoms with Gasteiger partial charge in [-0.15, -0.1) is 0 Å². The third-order valence-corrected chi connectivity index (χ3v) is 4.32. The molecule has 6 nitrogen and oxygen atoms in total. The Morgan fingerprint density at radius 3 is 3.00 bits per heavy atom. The molecule has 1 aliphatic rings. The van der Waals surface area contributed by atoms with Gasteiger partial charge < -0.3 is 10.2 Å². The van der Waals surface area contributed by atoms with Gasteiger partial charge in [-0.3, -0.25) is 9.59 Å². The highest BCUT2D eigenvalue weighted by Gasteiger charge is 2.28. The minimum atomic E-state index is -0.275. The number of carbonyl (C=O) groups is 1. The van der Waals surface area contributed by atoms with Crippen LogP contribution in [0.2, 0.25) is 5.02 Å². The Morgan fingerprint density at radius 1 is 1.38 bits per heavy atom. The quantitative estimate of drug-likeness (QED) is 0.911. The lowest BCUT2D eigenvalue weighted by atomic mass is 10.0. The average Bonchev–Trinajstić information content (AvgIpc) is 2.58. The molecule has 0 bridgehead atoms. The first-order valence-electron chi connectivity index (χ1n) is 7.85. The summed E-state index contributed by atoms with van der Waals surface area (Å²) < 4.78 is 1.22. The zero-order chi connectivity index (χ0) is 17.1. The normalized spacial score (nSPS) is 17.8. The number of nitrogens with one attached hydrogen (secondary N) is 1. The number of hydrogen-bond donors (Lipinski definition) is 1. The standard InChI is InChI=1S/C17H19ClN4O2/c1-12-5-6-16(23)22(20-12)11-17(24)21-8-7-19-10-15(21)13-3-2-4-14(18)9-13/h2-6,9,15,19H,7-8,10-11H2,1H3. The van der Waals surface area contributed by atoms with Crippen molar-refractivity contribution in [3.8, 4) is 0 Å². The third kappa shape index (κ3) is 3.66. The van der Waals surface area contributed by atoms with E-state index >= 15 is 0 Å². The maximum absolute atomic E-state index is 12.8. The highest BCUT2D eigenvalue weighted by atomic mass is 35.5. The summed E-state index contributed by atoms with van der Waals surface area (Å²) in [5.41, 5.74) is 1.41. The summed E-state index contributed by atoms with van der Waals surface area (Å²) in [6.45, 7) is 3.69. The van der Waals surface area contributed by atoms with Gasteiger partial charge in [0.25, 0.3) is 5.56 Å². The first-order valence-corrected chi connectivity index (χ1v) is 8.23. The van der Waals surface area contributed by atoms with Gasteiger partial charge in [0.1, 0.15) is 6.54 Å². The number of aryl methyl sites for hydroxylation is 1. The van der Waals surface area contributed by atoms with Crippen LogP contribution in [0, 0.1) is 6.92 Å². The number of nitrogens with zero attached hydrogens (tertiary/aromatic N) is 3. The van der Waals surface area contributed by atoms with Gasteiger partial charge in [0.05, 0.1) is 11.7 Å². The smallest absolute Gasteiger partial charge is 0.267 e. The van der Waals surface area contributed by atoms with E-state index in [1.165, 1.54) is 10.7 Å². The van der Waals surface area contributed by atoms with Gasteiger partial charge in [0.15, 0.2) is 0 Å². The van der Waals surface area contributed by atoms with Gasteiger partial charge in [-0.1, -0.05) is 23.7 Å². The summed E-state index contributed by atoms with van der Waals surface area (Å²) in [6.07, 6.45) is 0. The lowest BCUT2D eigenvalue weighted by Crippen LogP contribution is -2.50. The van der Waals surface area contributed by atoms with Crippen LogP contribution in [0.1, 0.15) is 17.3 Å². The minimum Gasteiger partial charge on any atom is -0.331 e. The first-order chi connectivity index (χ1) is 11.5. The Hall–Kier alpha value is -2.18. The van der Waals surface area contributed by atoms with E-state index < -0.39 is 0 Å². The van der Waals surface area contributed by atoms with Crippen LogP contribution < -0.4 is 10.9 Å². The molecule has 1 aromatic heterocycles. The van der Waals surface area contributed by atoms with E-state index in [1.807, 2.05) is 24.3 Å². The van der Waals surface area contributed by atoms with Crippen LogP contribution in [0.4, 0.5) is 0 Å². The Labute approximate surface area is 145 Å². The molecular formula is C17H19ClN4O2. The molecule has 1 aliphatic heterocycles. The highest BCUT2D eigenvalue weighted by molar-refractivity contribution is 6.30. The van der Waals surface area contributed by atoms with Crippen molar-refractivity contribution in [1.29, 1.82) is 0 Å². The van der Waals surface area contributed by atoms with Crippen molar-refractivity contribution in [1.82, 2.24) is 20.0 Å². The van der Waals surface area contributed by atoms with Crippen LogP contribution in [0.25, 0.3) is 0 Å². The second-order valence-corrected chi connectivity index (χ2v) is 6.27. The fourth-order valence-electron chi connectivity index (χ4n) is 2.90. The second-order valence-electron chi connectivity index (χ2n) is 5.83. The van der Waals surface area contributed by atoms with Gasteiger partial charge in [-0.05, 0) is 30.7 Å². The molecule has 0 radical (unpaired) electrons. The fraction of sp³-hybridized carbons (Fsp3) is 0.353. The average molecular weight is 347 g/mol. The zero-order valence-electron chi connectivity index (χ0n) is 13.4. The van der Waals surface area contributed by atoms with Gasteiger partial charge >= 0.3 is 0 Å². The molecule has 2 heterocycles. The van der Waals surface area contributed by atoms with Crippen molar-refractivity contribution in [2.75, 3.05) is 19.6 Å². The van der Waals surface area contributed by atoms with Crippen molar-refractivity contribution in [3.05, 3.63) is 63.0 Å². The van der Waals surface area contributed by atoms with Crippen LogP contribution in [0.5, 0.6) is 0 Å². The largest absolute Gasteiger partial charge is 0.331 e. The number of halogens is 1. The number of piperazine rings is 1. The topological polar surface area (TPSA) is 67.2 Å². The summed E-state index contributed by atoms with van der Waals surface area (Å²) in [5, 5.41) is 8.08. The molecule has 0 aliphatic carbocycles. The third-order valence-electron chi connectivity index (χ3n) is 4.08. The number of aromatic nitrogens is 2. The van der Waals surface area contributed by atoms with Gasteiger partial charge in [0, 0.05) is 30.7 Å². The Bertz CT molecular complexity index is 805. The van der Waals surface area contributed by atoms with E-state index in [9.17, 15) is 9.59 Å². The molecule has 1 aromatic carbocycles. The van der Waals surface area contributed by atoms with Crippen molar-refractivity contribution in [3.63, 3.8) is 0 Å². The number of carbonyl (C=O) groups excluding carboxylic acids is 1. The minimum absolute atomic E-state index is 0.0580. The van der Waals surface area contributed by atoms with Crippen molar-refractivity contribution < 1.29 is 4.79 Å². The van der Waals surface area contributed by atoms with Crippen LogP contribution in [0.3, 0.4) is 0 Å². The summed E-state index contributed by atoms with van der Waals surface area (Å²) in [4.78, 5) is 26.4. The Morgan fingerprint density at radius 2 is 2.21 bits per heavy atom. The fourth-order valence-corrected chi connectivity index (χ4v) is 3.10. The molecule has 0 spiro atoms. The molecule has 126 valence electrons. The van der Waals surface area contributed by atoms with Gasteiger partial charge in [0.2, 0.25) is 5.91 Å². The van der Waals surface area contributed by atoms with E-state index in [-0.39, 0.29) is 24.1 Å². The van der Waals surface area contributed by atoms with Crippen LogP contribution in [-0.4, -0.2) is 40.2 Å². The molecule has 0 saturated carbocycles. The van der Waals surface area contributed by atoms with Crippen molar-refractivity contribution in [2.24, 2.45) is 0 Å². The molecule has 7 heteroatoms.